The second kappa shape index (κ2) is 5.50. The molecular weight excluding hydrogens is 215 g/mol. The van der Waals surface area contributed by atoms with Gasteiger partial charge in [-0.25, -0.2) is 4.39 Å². The predicted molar refractivity (Wildman–Crippen MR) is 69.6 cm³/mol. The fourth-order valence-electron chi connectivity index (χ4n) is 2.67. The van der Waals surface area contributed by atoms with Gasteiger partial charge in [-0.1, -0.05) is 12.5 Å². The highest BCUT2D eigenvalue weighted by atomic mass is 19.1. The molecule has 17 heavy (non-hydrogen) atoms. The first kappa shape index (κ1) is 12.4. The van der Waals surface area contributed by atoms with Crippen molar-refractivity contribution in [2.24, 2.45) is 11.7 Å². The van der Waals surface area contributed by atoms with Gasteiger partial charge in [-0.2, -0.15) is 0 Å². The fraction of sp³-hybridized carbons (Fsp3) is 0.571. The maximum Gasteiger partial charge on any atom is 0.125 e. The highest BCUT2D eigenvalue weighted by Gasteiger charge is 2.25. The summed E-state index contributed by atoms with van der Waals surface area (Å²) in [5, 5.41) is 0. The van der Waals surface area contributed by atoms with E-state index in [1.165, 1.54) is 18.9 Å². The minimum absolute atomic E-state index is 0.170. The summed E-state index contributed by atoms with van der Waals surface area (Å²) in [6, 6.07) is 7.13. The van der Waals surface area contributed by atoms with Crippen LogP contribution in [-0.4, -0.2) is 19.1 Å². The number of hydrogen-bond donors (Lipinski definition) is 1. The third-order valence-electron chi connectivity index (χ3n) is 3.73. The lowest BCUT2D eigenvalue weighted by Gasteiger charge is -2.28. The molecule has 0 bridgehead atoms. The normalized spacial score (nSPS) is 23.9. The maximum atomic E-state index is 13.2. The number of nitrogens with zero attached hydrogens (tertiary/aromatic N) is 1. The van der Waals surface area contributed by atoms with Crippen molar-refractivity contribution >= 4 is 5.69 Å². The van der Waals surface area contributed by atoms with Crippen molar-refractivity contribution < 1.29 is 4.39 Å². The lowest BCUT2D eigenvalue weighted by molar-refractivity contribution is 0.475. The van der Waals surface area contributed by atoms with Gasteiger partial charge in [0.25, 0.3) is 0 Å². The Morgan fingerprint density at radius 3 is 2.82 bits per heavy atom. The van der Waals surface area contributed by atoms with Crippen LogP contribution in [0, 0.1) is 11.7 Å². The standard InChI is InChI=1S/C14H21FN2/c1-2-17(10-11-5-3-8-14(11)16)13-7-4-6-12(15)9-13/h4,6-7,9,11,14H,2-3,5,8,10,16H2,1H3. The monoisotopic (exact) mass is 236 g/mol. The fourth-order valence-corrected chi connectivity index (χ4v) is 2.67. The molecule has 1 saturated carbocycles. The van der Waals surface area contributed by atoms with Gasteiger partial charge in [0.15, 0.2) is 0 Å². The van der Waals surface area contributed by atoms with Crippen LogP contribution in [-0.2, 0) is 0 Å². The van der Waals surface area contributed by atoms with Gasteiger partial charge < -0.3 is 10.6 Å². The quantitative estimate of drug-likeness (QED) is 0.871. The Labute approximate surface area is 103 Å². The molecule has 3 heteroatoms. The minimum atomic E-state index is -0.170. The van der Waals surface area contributed by atoms with E-state index in [0.717, 1.165) is 25.2 Å². The van der Waals surface area contributed by atoms with Crippen LogP contribution in [0.5, 0.6) is 0 Å². The van der Waals surface area contributed by atoms with Gasteiger partial charge in [-0.15, -0.1) is 0 Å². The molecule has 0 aliphatic heterocycles. The van der Waals surface area contributed by atoms with Crippen LogP contribution in [0.2, 0.25) is 0 Å². The summed E-state index contributed by atoms with van der Waals surface area (Å²) in [4.78, 5) is 2.22. The summed E-state index contributed by atoms with van der Waals surface area (Å²) < 4.78 is 13.2. The van der Waals surface area contributed by atoms with Crippen molar-refractivity contribution in [1.29, 1.82) is 0 Å². The first-order valence-electron chi connectivity index (χ1n) is 6.46. The number of rotatable bonds is 4. The molecular formula is C14H21FN2. The Hall–Kier alpha value is -1.09. The van der Waals surface area contributed by atoms with Gasteiger partial charge in [0.1, 0.15) is 5.82 Å². The van der Waals surface area contributed by atoms with E-state index in [-0.39, 0.29) is 5.82 Å². The summed E-state index contributed by atoms with van der Waals surface area (Å²) in [5.41, 5.74) is 7.05. The van der Waals surface area contributed by atoms with Crippen molar-refractivity contribution in [3.63, 3.8) is 0 Å². The smallest absolute Gasteiger partial charge is 0.125 e. The average Bonchev–Trinajstić information content (AvgIpc) is 2.71. The number of benzene rings is 1. The summed E-state index contributed by atoms with van der Waals surface area (Å²) in [6.45, 7) is 3.94. The van der Waals surface area contributed by atoms with Crippen LogP contribution in [0.4, 0.5) is 10.1 Å². The minimum Gasteiger partial charge on any atom is -0.371 e. The lowest BCUT2D eigenvalue weighted by atomic mass is 10.0. The molecule has 2 N–H and O–H groups in total. The van der Waals surface area contributed by atoms with Gasteiger partial charge in [-0.3, -0.25) is 0 Å². The van der Waals surface area contributed by atoms with Crippen LogP contribution in [0.1, 0.15) is 26.2 Å². The van der Waals surface area contributed by atoms with Crippen LogP contribution in [0.3, 0.4) is 0 Å². The topological polar surface area (TPSA) is 29.3 Å². The van der Waals surface area contributed by atoms with E-state index in [0.29, 0.717) is 12.0 Å². The average molecular weight is 236 g/mol. The van der Waals surface area contributed by atoms with Crippen LogP contribution >= 0.6 is 0 Å². The van der Waals surface area contributed by atoms with Gasteiger partial charge >= 0.3 is 0 Å². The Bertz CT molecular complexity index is 367. The first-order chi connectivity index (χ1) is 8.20. The van der Waals surface area contributed by atoms with E-state index < -0.39 is 0 Å². The van der Waals surface area contributed by atoms with Gasteiger partial charge in [0.2, 0.25) is 0 Å². The molecule has 0 aromatic heterocycles. The van der Waals surface area contributed by atoms with Gasteiger partial charge in [0.05, 0.1) is 0 Å². The summed E-state index contributed by atoms with van der Waals surface area (Å²) in [7, 11) is 0. The molecule has 2 rings (SSSR count). The molecule has 1 aliphatic carbocycles. The van der Waals surface area contributed by atoms with Crippen LogP contribution < -0.4 is 10.6 Å². The molecule has 2 nitrogen and oxygen atoms in total. The molecule has 0 spiro atoms. The van der Waals surface area contributed by atoms with Gasteiger partial charge in [-0.05, 0) is 43.9 Å². The van der Waals surface area contributed by atoms with Crippen molar-refractivity contribution in [2.75, 3.05) is 18.0 Å². The number of halogens is 1. The van der Waals surface area contributed by atoms with E-state index in [1.807, 2.05) is 6.07 Å². The zero-order valence-corrected chi connectivity index (χ0v) is 10.4. The largest absolute Gasteiger partial charge is 0.371 e. The zero-order valence-electron chi connectivity index (χ0n) is 10.4. The predicted octanol–water partition coefficient (Wildman–Crippen LogP) is 2.78. The van der Waals surface area contributed by atoms with Crippen molar-refractivity contribution in [3.05, 3.63) is 30.1 Å². The van der Waals surface area contributed by atoms with E-state index in [2.05, 4.69) is 11.8 Å². The zero-order chi connectivity index (χ0) is 12.3. The van der Waals surface area contributed by atoms with Crippen LogP contribution in [0.15, 0.2) is 24.3 Å². The second-order valence-electron chi connectivity index (χ2n) is 4.87. The summed E-state index contributed by atoms with van der Waals surface area (Å²) >= 11 is 0. The highest BCUT2D eigenvalue weighted by Crippen LogP contribution is 2.26. The molecule has 1 aromatic carbocycles. The maximum absolute atomic E-state index is 13.2. The molecule has 0 radical (unpaired) electrons. The summed E-state index contributed by atoms with van der Waals surface area (Å²) in [6.07, 6.45) is 3.56. The second-order valence-corrected chi connectivity index (χ2v) is 4.87. The molecule has 0 amide bonds. The van der Waals surface area contributed by atoms with Gasteiger partial charge in [0, 0.05) is 24.8 Å². The highest BCUT2D eigenvalue weighted by molar-refractivity contribution is 5.46. The Balaban J connectivity index is 2.06. The molecule has 2 atom stereocenters. The number of hydrogen-bond acceptors (Lipinski definition) is 2. The van der Waals surface area contributed by atoms with Crippen molar-refractivity contribution in [1.82, 2.24) is 0 Å². The molecule has 2 unspecified atom stereocenters. The molecule has 1 aliphatic rings. The van der Waals surface area contributed by atoms with Crippen LogP contribution in [0.25, 0.3) is 0 Å². The lowest BCUT2D eigenvalue weighted by Crippen LogP contribution is -2.36. The SMILES string of the molecule is CCN(CC1CCCC1N)c1cccc(F)c1. The Morgan fingerprint density at radius 2 is 2.24 bits per heavy atom. The summed E-state index contributed by atoms with van der Waals surface area (Å²) in [5.74, 6) is 0.384. The molecule has 94 valence electrons. The first-order valence-corrected chi connectivity index (χ1v) is 6.46. The van der Waals surface area contributed by atoms with Crippen molar-refractivity contribution in [2.45, 2.75) is 32.2 Å². The Morgan fingerprint density at radius 1 is 1.41 bits per heavy atom. The van der Waals surface area contributed by atoms with E-state index in [1.54, 1.807) is 12.1 Å². The van der Waals surface area contributed by atoms with E-state index in [9.17, 15) is 4.39 Å². The Kier molecular flexibility index (Phi) is 4.00. The van der Waals surface area contributed by atoms with E-state index >= 15 is 0 Å². The molecule has 0 saturated heterocycles. The third-order valence-corrected chi connectivity index (χ3v) is 3.73. The molecule has 1 aromatic rings. The molecule has 1 fully saturated rings. The molecule has 0 heterocycles. The number of anilines is 1. The third kappa shape index (κ3) is 2.97. The van der Waals surface area contributed by atoms with E-state index in [4.69, 9.17) is 5.73 Å². The van der Waals surface area contributed by atoms with Crippen molar-refractivity contribution in [3.8, 4) is 0 Å². The number of nitrogens with two attached hydrogens (primary N) is 1.